The van der Waals surface area contributed by atoms with Gasteiger partial charge in [0.25, 0.3) is 0 Å². The van der Waals surface area contributed by atoms with Crippen LogP contribution < -0.4 is 4.74 Å². The summed E-state index contributed by atoms with van der Waals surface area (Å²) in [6.45, 7) is 3.33. The van der Waals surface area contributed by atoms with Gasteiger partial charge in [0, 0.05) is 28.1 Å². The Bertz CT molecular complexity index is 840. The predicted molar refractivity (Wildman–Crippen MR) is 96.4 cm³/mol. The number of rotatable bonds is 7. The number of alkyl halides is 3. The molecular weight excluding hydrogens is 381 g/mol. The van der Waals surface area contributed by atoms with Crippen LogP contribution in [0.2, 0.25) is 5.02 Å². The van der Waals surface area contributed by atoms with Gasteiger partial charge in [-0.3, -0.25) is 9.59 Å². The zero-order chi connectivity index (χ0) is 20.2. The molecule has 7 heteroatoms. The van der Waals surface area contributed by atoms with Crippen molar-refractivity contribution in [2.45, 2.75) is 12.6 Å². The molecule has 0 saturated carbocycles. The maximum atomic E-state index is 13.5. The fourth-order valence-corrected chi connectivity index (χ4v) is 2.59. The van der Waals surface area contributed by atoms with E-state index in [0.717, 1.165) is 0 Å². The Kier molecular flexibility index (Phi) is 6.44. The van der Waals surface area contributed by atoms with Crippen LogP contribution in [0.15, 0.2) is 60.7 Å². The summed E-state index contributed by atoms with van der Waals surface area (Å²) in [5.41, 5.74) is -0.567. The van der Waals surface area contributed by atoms with E-state index in [-0.39, 0.29) is 11.1 Å². The Hall–Kier alpha value is -2.60. The topological polar surface area (TPSA) is 43.4 Å². The average molecular weight is 397 g/mol. The summed E-state index contributed by atoms with van der Waals surface area (Å²) in [4.78, 5) is 24.7. The Morgan fingerprint density at radius 3 is 2.04 bits per heavy atom. The molecule has 2 aromatic carbocycles. The van der Waals surface area contributed by atoms with Gasteiger partial charge in [-0.1, -0.05) is 18.2 Å². The second-order valence-electron chi connectivity index (χ2n) is 5.81. The van der Waals surface area contributed by atoms with Crippen LogP contribution in [-0.4, -0.2) is 24.9 Å². The summed E-state index contributed by atoms with van der Waals surface area (Å²) < 4.78 is 45.5. The van der Waals surface area contributed by atoms with E-state index in [1.165, 1.54) is 55.6 Å². The van der Waals surface area contributed by atoms with Gasteiger partial charge in [0.1, 0.15) is 5.75 Å². The summed E-state index contributed by atoms with van der Waals surface area (Å²) in [6.07, 6.45) is -5.70. The van der Waals surface area contributed by atoms with Gasteiger partial charge in [-0.15, -0.1) is 0 Å². The van der Waals surface area contributed by atoms with Crippen molar-refractivity contribution in [1.29, 1.82) is 0 Å². The lowest BCUT2D eigenvalue weighted by molar-refractivity contribution is -0.162. The van der Waals surface area contributed by atoms with Gasteiger partial charge in [-0.2, -0.15) is 13.2 Å². The van der Waals surface area contributed by atoms with Crippen LogP contribution >= 0.6 is 11.6 Å². The first kappa shape index (κ1) is 20.7. The Balaban J connectivity index is 2.24. The first-order chi connectivity index (χ1) is 12.6. The molecule has 0 aliphatic carbocycles. The van der Waals surface area contributed by atoms with Crippen molar-refractivity contribution in [2.75, 3.05) is 7.11 Å². The van der Waals surface area contributed by atoms with E-state index in [4.69, 9.17) is 16.3 Å². The molecule has 2 aromatic rings. The number of benzene rings is 2. The monoisotopic (exact) mass is 396 g/mol. The zero-order valence-electron chi connectivity index (χ0n) is 14.3. The van der Waals surface area contributed by atoms with Gasteiger partial charge in [-0.25, -0.2) is 0 Å². The Labute approximate surface area is 159 Å². The molecular formula is C20H16ClF3O3. The van der Waals surface area contributed by atoms with Crippen LogP contribution in [0.1, 0.15) is 27.1 Å². The summed E-state index contributed by atoms with van der Waals surface area (Å²) in [5.74, 6) is -3.45. The first-order valence-corrected chi connectivity index (χ1v) is 8.24. The van der Waals surface area contributed by atoms with E-state index in [0.29, 0.717) is 10.8 Å². The molecule has 0 aromatic heterocycles. The number of methoxy groups -OCH3 is 1. The summed E-state index contributed by atoms with van der Waals surface area (Å²) >= 11 is 5.72. The normalized spacial score (nSPS) is 12.3. The number of carbonyl (C=O) groups is 2. The second kappa shape index (κ2) is 8.39. The van der Waals surface area contributed by atoms with Crippen LogP contribution in [0, 0.1) is 5.92 Å². The molecule has 0 heterocycles. The SMILES string of the molecule is C=C(C(=O)c1ccc(OC)cc1)[C@H](CC(=O)c1ccc(Cl)cc1)C(F)(F)F. The van der Waals surface area contributed by atoms with E-state index in [1.54, 1.807) is 0 Å². The number of ketones is 2. The minimum atomic E-state index is -4.79. The van der Waals surface area contributed by atoms with Gasteiger partial charge < -0.3 is 4.74 Å². The lowest BCUT2D eigenvalue weighted by atomic mass is 9.87. The summed E-state index contributed by atoms with van der Waals surface area (Å²) in [6, 6.07) is 11.1. The minimum absolute atomic E-state index is 0.0361. The van der Waals surface area contributed by atoms with Crippen molar-refractivity contribution in [1.82, 2.24) is 0 Å². The Morgan fingerprint density at radius 1 is 1.04 bits per heavy atom. The molecule has 3 nitrogen and oxygen atoms in total. The number of hydrogen-bond donors (Lipinski definition) is 0. The molecule has 0 radical (unpaired) electrons. The minimum Gasteiger partial charge on any atom is -0.497 e. The zero-order valence-corrected chi connectivity index (χ0v) is 15.1. The molecule has 0 aliphatic rings. The van der Waals surface area contributed by atoms with Crippen molar-refractivity contribution in [3.8, 4) is 5.75 Å². The van der Waals surface area contributed by atoms with Crippen molar-refractivity contribution in [3.05, 3.63) is 76.8 Å². The molecule has 0 saturated heterocycles. The predicted octanol–water partition coefficient (Wildman–Crippen LogP) is 5.54. The van der Waals surface area contributed by atoms with E-state index in [9.17, 15) is 22.8 Å². The number of hydrogen-bond acceptors (Lipinski definition) is 3. The molecule has 0 unspecified atom stereocenters. The van der Waals surface area contributed by atoms with E-state index in [2.05, 4.69) is 6.58 Å². The largest absolute Gasteiger partial charge is 0.497 e. The van der Waals surface area contributed by atoms with E-state index in [1.807, 2.05) is 0 Å². The lowest BCUT2D eigenvalue weighted by Gasteiger charge is -2.21. The van der Waals surface area contributed by atoms with Crippen molar-refractivity contribution < 1.29 is 27.5 Å². The quantitative estimate of drug-likeness (QED) is 0.456. The van der Waals surface area contributed by atoms with E-state index >= 15 is 0 Å². The van der Waals surface area contributed by atoms with Crippen LogP contribution in [0.5, 0.6) is 5.75 Å². The third-order valence-electron chi connectivity index (χ3n) is 4.02. The third kappa shape index (κ3) is 5.20. The van der Waals surface area contributed by atoms with Crippen molar-refractivity contribution in [3.63, 3.8) is 0 Å². The van der Waals surface area contributed by atoms with Crippen molar-refractivity contribution >= 4 is 23.2 Å². The van der Waals surface area contributed by atoms with E-state index < -0.39 is 35.7 Å². The first-order valence-electron chi connectivity index (χ1n) is 7.86. The number of allylic oxidation sites excluding steroid dienone is 1. The standard InChI is InChI=1S/C20H16ClF3O3/c1-12(19(26)14-5-9-16(27-2)10-6-14)17(20(22,23)24)11-18(25)13-3-7-15(21)8-4-13/h3-10,17H,1,11H2,2H3/t17-/m0/s1. The number of ether oxygens (including phenoxy) is 1. The highest BCUT2D eigenvalue weighted by molar-refractivity contribution is 6.30. The highest BCUT2D eigenvalue weighted by Crippen LogP contribution is 2.36. The van der Waals surface area contributed by atoms with Gasteiger partial charge >= 0.3 is 6.18 Å². The van der Waals surface area contributed by atoms with Crippen LogP contribution in [0.3, 0.4) is 0 Å². The molecule has 2 rings (SSSR count). The highest BCUT2D eigenvalue weighted by atomic mass is 35.5. The molecule has 1 atom stereocenters. The number of carbonyl (C=O) groups excluding carboxylic acids is 2. The molecule has 0 bridgehead atoms. The molecule has 0 aliphatic heterocycles. The fraction of sp³-hybridized carbons (Fsp3) is 0.200. The summed E-state index contributed by atoms with van der Waals surface area (Å²) in [5, 5.41) is 0.359. The van der Waals surface area contributed by atoms with Gasteiger partial charge in [0.15, 0.2) is 11.6 Å². The maximum Gasteiger partial charge on any atom is 0.396 e. The van der Waals surface area contributed by atoms with Gasteiger partial charge in [-0.05, 0) is 48.5 Å². The molecule has 0 amide bonds. The smallest absolute Gasteiger partial charge is 0.396 e. The third-order valence-corrected chi connectivity index (χ3v) is 4.27. The van der Waals surface area contributed by atoms with Crippen LogP contribution in [-0.2, 0) is 0 Å². The maximum absolute atomic E-state index is 13.5. The average Bonchev–Trinajstić information content (AvgIpc) is 2.64. The van der Waals surface area contributed by atoms with Crippen LogP contribution in [0.25, 0.3) is 0 Å². The number of halogens is 4. The number of Topliss-reactive ketones (excluding diaryl/α,β-unsaturated/α-hetero) is 2. The summed E-state index contributed by atoms with van der Waals surface area (Å²) in [7, 11) is 1.43. The molecule has 27 heavy (non-hydrogen) atoms. The van der Waals surface area contributed by atoms with Gasteiger partial charge in [0.2, 0.25) is 0 Å². The molecule has 0 N–H and O–H groups in total. The molecule has 0 spiro atoms. The highest BCUT2D eigenvalue weighted by Gasteiger charge is 2.44. The van der Waals surface area contributed by atoms with Crippen molar-refractivity contribution in [2.24, 2.45) is 5.92 Å². The molecule has 142 valence electrons. The van der Waals surface area contributed by atoms with Crippen LogP contribution in [0.4, 0.5) is 13.2 Å². The lowest BCUT2D eigenvalue weighted by Crippen LogP contribution is -2.30. The molecule has 0 fully saturated rings. The Morgan fingerprint density at radius 2 is 1.56 bits per heavy atom. The fourth-order valence-electron chi connectivity index (χ4n) is 2.46. The van der Waals surface area contributed by atoms with Gasteiger partial charge in [0.05, 0.1) is 13.0 Å². The second-order valence-corrected chi connectivity index (χ2v) is 6.25.